The summed E-state index contributed by atoms with van der Waals surface area (Å²) in [5.41, 5.74) is 1.12. The highest BCUT2D eigenvalue weighted by Crippen LogP contribution is 2.24. The second-order valence-electron chi connectivity index (χ2n) is 6.87. The third kappa shape index (κ3) is 5.72. The fourth-order valence-corrected chi connectivity index (χ4v) is 6.92. The molecule has 2 saturated heterocycles. The molecular formula is C18H26N2O3S2. The molecule has 2 fully saturated rings. The molecule has 2 atom stereocenters. The van der Waals surface area contributed by atoms with E-state index in [0.29, 0.717) is 12.2 Å². The fourth-order valence-electron chi connectivity index (χ4n) is 3.47. The Morgan fingerprint density at radius 2 is 1.96 bits per heavy atom. The zero-order chi connectivity index (χ0) is 17.7. The van der Waals surface area contributed by atoms with Gasteiger partial charge in [0, 0.05) is 11.8 Å². The van der Waals surface area contributed by atoms with E-state index in [1.807, 2.05) is 18.2 Å². The van der Waals surface area contributed by atoms with Crippen LogP contribution in [0.15, 0.2) is 30.3 Å². The van der Waals surface area contributed by atoms with E-state index < -0.39 is 9.84 Å². The van der Waals surface area contributed by atoms with Crippen LogP contribution < -0.4 is 5.32 Å². The first-order valence-electron chi connectivity index (χ1n) is 8.90. The first kappa shape index (κ1) is 18.7. The molecule has 1 aromatic carbocycles. The van der Waals surface area contributed by atoms with Crippen molar-refractivity contribution in [3.05, 3.63) is 35.9 Å². The number of nitrogens with zero attached hydrogens (tertiary/aromatic N) is 1. The average molecular weight is 383 g/mol. The monoisotopic (exact) mass is 382 g/mol. The highest BCUT2D eigenvalue weighted by atomic mass is 32.2. The number of carbonyl (C=O) groups excluding carboxylic acids is 1. The summed E-state index contributed by atoms with van der Waals surface area (Å²) in [6, 6.07) is 10.1. The molecular weight excluding hydrogens is 356 g/mol. The maximum absolute atomic E-state index is 12.4. The lowest BCUT2D eigenvalue weighted by molar-refractivity contribution is -0.119. The van der Waals surface area contributed by atoms with Gasteiger partial charge in [-0.2, -0.15) is 0 Å². The quantitative estimate of drug-likeness (QED) is 0.780. The predicted octanol–water partition coefficient (Wildman–Crippen LogP) is 1.86. The lowest BCUT2D eigenvalue weighted by atomic mass is 10.1. The molecule has 5 nitrogen and oxygen atoms in total. The number of hydrogen-bond acceptors (Lipinski definition) is 5. The van der Waals surface area contributed by atoms with Gasteiger partial charge in [-0.15, -0.1) is 11.8 Å². The van der Waals surface area contributed by atoms with Crippen LogP contribution in [-0.4, -0.2) is 61.4 Å². The molecule has 0 spiro atoms. The van der Waals surface area contributed by atoms with Crippen molar-refractivity contribution in [2.45, 2.75) is 30.6 Å². The zero-order valence-corrected chi connectivity index (χ0v) is 16.0. The first-order valence-corrected chi connectivity index (χ1v) is 11.8. The topological polar surface area (TPSA) is 66.5 Å². The van der Waals surface area contributed by atoms with Crippen LogP contribution in [0.2, 0.25) is 0 Å². The van der Waals surface area contributed by atoms with E-state index in [-0.39, 0.29) is 28.7 Å². The van der Waals surface area contributed by atoms with Crippen LogP contribution >= 0.6 is 11.8 Å². The van der Waals surface area contributed by atoms with Crippen molar-refractivity contribution >= 4 is 27.5 Å². The van der Waals surface area contributed by atoms with Gasteiger partial charge >= 0.3 is 0 Å². The van der Waals surface area contributed by atoms with Crippen LogP contribution in [0.3, 0.4) is 0 Å². The number of nitrogens with one attached hydrogen (secondary N) is 1. The molecule has 0 bridgehead atoms. The predicted molar refractivity (Wildman–Crippen MR) is 103 cm³/mol. The number of likely N-dealkylation sites (tertiary alicyclic amines) is 1. The summed E-state index contributed by atoms with van der Waals surface area (Å²) in [4.78, 5) is 14.8. The molecule has 0 aliphatic carbocycles. The molecule has 3 rings (SSSR count). The van der Waals surface area contributed by atoms with Gasteiger partial charge in [0.15, 0.2) is 9.84 Å². The van der Waals surface area contributed by atoms with Crippen molar-refractivity contribution in [1.82, 2.24) is 10.2 Å². The van der Waals surface area contributed by atoms with Crippen LogP contribution in [-0.2, 0) is 14.6 Å². The van der Waals surface area contributed by atoms with E-state index in [9.17, 15) is 13.2 Å². The Morgan fingerprint density at radius 1 is 1.24 bits per heavy atom. The largest absolute Gasteiger partial charge is 0.347 e. The maximum Gasteiger partial charge on any atom is 0.230 e. The Bertz CT molecular complexity index is 673. The van der Waals surface area contributed by atoms with E-state index in [2.05, 4.69) is 22.3 Å². The normalized spacial score (nSPS) is 24.2. The minimum absolute atomic E-state index is 0.0117. The molecule has 7 heteroatoms. The minimum atomic E-state index is -2.88. The second-order valence-corrected chi connectivity index (χ2v) is 10.4. The number of amides is 1. The summed E-state index contributed by atoms with van der Waals surface area (Å²) >= 11 is 1.47. The van der Waals surface area contributed by atoms with Crippen LogP contribution in [0.25, 0.3) is 0 Å². The molecule has 2 aliphatic heterocycles. The van der Waals surface area contributed by atoms with Gasteiger partial charge in [0.25, 0.3) is 0 Å². The molecule has 1 N–H and O–H groups in total. The molecule has 1 aromatic rings. The van der Waals surface area contributed by atoms with Crippen LogP contribution in [0, 0.1) is 0 Å². The second kappa shape index (κ2) is 8.56. The number of benzene rings is 1. The highest BCUT2D eigenvalue weighted by Gasteiger charge is 2.29. The van der Waals surface area contributed by atoms with E-state index >= 15 is 0 Å². The molecule has 0 radical (unpaired) electrons. The number of sulfone groups is 1. The summed E-state index contributed by atoms with van der Waals surface area (Å²) in [6.07, 6.45) is 3.11. The molecule has 1 amide bonds. The van der Waals surface area contributed by atoms with Gasteiger partial charge < -0.3 is 10.2 Å². The van der Waals surface area contributed by atoms with Crippen molar-refractivity contribution in [1.29, 1.82) is 0 Å². The number of rotatable bonds is 7. The standard InChI is InChI=1S/C18H26N2O3S2/c21-18(13-24-16-8-11-25(22,23)14-16)19-17(12-20-9-4-5-10-20)15-6-2-1-3-7-15/h1-3,6-7,16-17H,4-5,8-14H2,(H,19,21). The van der Waals surface area contributed by atoms with E-state index in [1.165, 1.54) is 24.6 Å². The Balaban J connectivity index is 1.54. The van der Waals surface area contributed by atoms with Crippen molar-refractivity contribution in [2.24, 2.45) is 0 Å². The van der Waals surface area contributed by atoms with Crippen LogP contribution in [0.1, 0.15) is 30.9 Å². The van der Waals surface area contributed by atoms with Crippen molar-refractivity contribution < 1.29 is 13.2 Å². The molecule has 2 heterocycles. The van der Waals surface area contributed by atoms with E-state index in [4.69, 9.17) is 0 Å². The summed E-state index contributed by atoms with van der Waals surface area (Å²) < 4.78 is 23.0. The van der Waals surface area contributed by atoms with Crippen LogP contribution in [0.5, 0.6) is 0 Å². The Morgan fingerprint density at radius 3 is 2.60 bits per heavy atom. The third-order valence-corrected chi connectivity index (χ3v) is 8.10. The van der Waals surface area contributed by atoms with E-state index in [0.717, 1.165) is 25.2 Å². The van der Waals surface area contributed by atoms with Crippen molar-refractivity contribution in [3.8, 4) is 0 Å². The van der Waals surface area contributed by atoms with Crippen molar-refractivity contribution in [3.63, 3.8) is 0 Å². The van der Waals surface area contributed by atoms with Gasteiger partial charge in [-0.1, -0.05) is 30.3 Å². The molecule has 25 heavy (non-hydrogen) atoms. The lowest BCUT2D eigenvalue weighted by Gasteiger charge is -2.25. The van der Waals surface area contributed by atoms with Gasteiger partial charge in [-0.3, -0.25) is 4.79 Å². The average Bonchev–Trinajstić information content (AvgIpc) is 3.22. The number of carbonyl (C=O) groups is 1. The maximum atomic E-state index is 12.4. The smallest absolute Gasteiger partial charge is 0.230 e. The number of hydrogen-bond donors (Lipinski definition) is 1. The van der Waals surface area contributed by atoms with Gasteiger partial charge in [0.05, 0.1) is 23.3 Å². The van der Waals surface area contributed by atoms with Gasteiger partial charge in [-0.25, -0.2) is 8.42 Å². The summed E-state index contributed by atoms with van der Waals surface area (Å²) in [5, 5.41) is 3.21. The third-order valence-electron chi connectivity index (χ3n) is 4.82. The molecule has 138 valence electrons. The van der Waals surface area contributed by atoms with Crippen LogP contribution in [0.4, 0.5) is 0 Å². The zero-order valence-electron chi connectivity index (χ0n) is 14.4. The van der Waals surface area contributed by atoms with Gasteiger partial charge in [-0.05, 0) is 37.9 Å². The molecule has 2 unspecified atom stereocenters. The Hall–Kier alpha value is -1.05. The first-order chi connectivity index (χ1) is 12.0. The van der Waals surface area contributed by atoms with Crippen molar-refractivity contribution in [2.75, 3.05) is 36.9 Å². The summed E-state index contributed by atoms with van der Waals surface area (Å²) in [6.45, 7) is 3.01. The Labute approximate surface area is 154 Å². The molecule has 2 aliphatic rings. The fraction of sp³-hybridized carbons (Fsp3) is 0.611. The SMILES string of the molecule is O=C(CSC1CCS(=O)(=O)C1)NC(CN1CCCC1)c1ccccc1. The summed E-state index contributed by atoms with van der Waals surface area (Å²) in [5.74, 6) is 0.778. The van der Waals surface area contributed by atoms with Gasteiger partial charge in [0.1, 0.15) is 0 Å². The summed E-state index contributed by atoms with van der Waals surface area (Å²) in [7, 11) is -2.88. The molecule has 0 aromatic heterocycles. The Kier molecular flexibility index (Phi) is 6.41. The lowest BCUT2D eigenvalue weighted by Crippen LogP contribution is -2.38. The number of thioether (sulfide) groups is 1. The minimum Gasteiger partial charge on any atom is -0.347 e. The molecule has 0 saturated carbocycles. The van der Waals surface area contributed by atoms with Gasteiger partial charge in [0.2, 0.25) is 5.91 Å². The van der Waals surface area contributed by atoms with E-state index in [1.54, 1.807) is 0 Å². The highest BCUT2D eigenvalue weighted by molar-refractivity contribution is 8.02.